The molecule has 1 aromatic rings. The van der Waals surface area contributed by atoms with Gasteiger partial charge in [0.25, 0.3) is 0 Å². The second-order valence-electron chi connectivity index (χ2n) is 5.50. The highest BCUT2D eigenvalue weighted by Gasteiger charge is 2.26. The predicted molar refractivity (Wildman–Crippen MR) is 72.4 cm³/mol. The third-order valence-electron chi connectivity index (χ3n) is 3.98. The van der Waals surface area contributed by atoms with Crippen molar-refractivity contribution >= 4 is 5.69 Å². The molecule has 1 saturated carbocycles. The van der Waals surface area contributed by atoms with Crippen LogP contribution in [0, 0.1) is 5.92 Å². The van der Waals surface area contributed by atoms with Gasteiger partial charge in [-0.15, -0.1) is 0 Å². The number of nitrogens with one attached hydrogen (secondary N) is 1. The van der Waals surface area contributed by atoms with Gasteiger partial charge < -0.3 is 10.2 Å². The normalized spacial score (nSPS) is 22.6. The monoisotopic (exact) mass is 230 g/mol. The van der Waals surface area contributed by atoms with Crippen LogP contribution in [-0.4, -0.2) is 30.6 Å². The van der Waals surface area contributed by atoms with Crippen molar-refractivity contribution in [1.82, 2.24) is 4.90 Å². The average Bonchev–Trinajstić information content (AvgIpc) is 3.06. The van der Waals surface area contributed by atoms with Crippen LogP contribution in [0.15, 0.2) is 24.3 Å². The summed E-state index contributed by atoms with van der Waals surface area (Å²) in [6, 6.07) is 9.33. The molecule has 0 aromatic heterocycles. The molecule has 0 amide bonds. The third kappa shape index (κ3) is 2.63. The van der Waals surface area contributed by atoms with Gasteiger partial charge in [0.15, 0.2) is 0 Å². The zero-order valence-electron chi connectivity index (χ0n) is 10.7. The van der Waals surface area contributed by atoms with Crippen LogP contribution in [0.3, 0.4) is 0 Å². The van der Waals surface area contributed by atoms with E-state index in [-0.39, 0.29) is 0 Å². The number of rotatable bonds is 5. The summed E-state index contributed by atoms with van der Waals surface area (Å²) in [7, 11) is 0. The molecule has 1 heterocycles. The smallest absolute Gasteiger partial charge is 0.0429 e. The molecule has 1 aliphatic heterocycles. The van der Waals surface area contributed by atoms with Gasteiger partial charge in [0, 0.05) is 24.8 Å². The molecule has 3 rings (SSSR count). The van der Waals surface area contributed by atoms with E-state index in [4.69, 9.17) is 0 Å². The third-order valence-corrected chi connectivity index (χ3v) is 3.98. The lowest BCUT2D eigenvalue weighted by molar-refractivity contribution is 0.266. The molecule has 1 aromatic carbocycles. The van der Waals surface area contributed by atoms with Gasteiger partial charge in [-0.2, -0.15) is 0 Å². The zero-order chi connectivity index (χ0) is 11.7. The Bertz CT molecular complexity index is 359. The first kappa shape index (κ1) is 11.1. The lowest BCUT2D eigenvalue weighted by atomic mass is 10.1. The van der Waals surface area contributed by atoms with Crippen LogP contribution in [0.2, 0.25) is 0 Å². The highest BCUT2D eigenvalue weighted by Crippen LogP contribution is 2.30. The molecular weight excluding hydrogens is 208 g/mol. The molecule has 1 unspecified atom stereocenters. The maximum absolute atomic E-state index is 3.65. The molecule has 0 radical (unpaired) electrons. The largest absolute Gasteiger partial charge is 0.380 e. The fraction of sp³-hybridized carbons (Fsp3) is 0.600. The minimum atomic E-state index is 0.617. The Morgan fingerprint density at radius 2 is 2.06 bits per heavy atom. The topological polar surface area (TPSA) is 15.3 Å². The number of para-hydroxylation sites is 1. The van der Waals surface area contributed by atoms with Crippen molar-refractivity contribution in [3.8, 4) is 0 Å². The van der Waals surface area contributed by atoms with Gasteiger partial charge in [0.1, 0.15) is 0 Å². The summed E-state index contributed by atoms with van der Waals surface area (Å²) in [6.45, 7) is 5.97. The maximum atomic E-state index is 3.65. The van der Waals surface area contributed by atoms with Gasteiger partial charge in [-0.3, -0.25) is 0 Å². The lowest BCUT2D eigenvalue weighted by Crippen LogP contribution is -2.36. The van der Waals surface area contributed by atoms with Crippen molar-refractivity contribution in [2.75, 3.05) is 25.0 Å². The second-order valence-corrected chi connectivity index (χ2v) is 5.50. The molecule has 0 spiro atoms. The van der Waals surface area contributed by atoms with E-state index in [0.717, 1.165) is 5.92 Å². The zero-order valence-corrected chi connectivity index (χ0v) is 10.7. The summed E-state index contributed by atoms with van der Waals surface area (Å²) in [4.78, 5) is 2.61. The number of hydrogen-bond donors (Lipinski definition) is 1. The summed E-state index contributed by atoms with van der Waals surface area (Å²) in [6.07, 6.45) is 4.10. The van der Waals surface area contributed by atoms with Crippen LogP contribution in [-0.2, 0) is 6.42 Å². The molecule has 1 N–H and O–H groups in total. The molecule has 0 saturated heterocycles. The van der Waals surface area contributed by atoms with E-state index in [0.29, 0.717) is 6.04 Å². The predicted octanol–water partition coefficient (Wildman–Crippen LogP) is 2.76. The Balaban J connectivity index is 1.56. The molecule has 1 atom stereocenters. The Labute approximate surface area is 104 Å². The summed E-state index contributed by atoms with van der Waals surface area (Å²) >= 11 is 0. The number of benzene rings is 1. The van der Waals surface area contributed by atoms with E-state index in [1.54, 1.807) is 0 Å². The SMILES string of the molecule is CCN(CC1CC1)CC1Cc2ccccc2N1. The summed E-state index contributed by atoms with van der Waals surface area (Å²) in [5, 5.41) is 3.65. The highest BCUT2D eigenvalue weighted by atomic mass is 15.2. The first-order chi connectivity index (χ1) is 8.35. The fourth-order valence-corrected chi connectivity index (χ4v) is 2.80. The first-order valence-corrected chi connectivity index (χ1v) is 6.92. The molecule has 1 fully saturated rings. The first-order valence-electron chi connectivity index (χ1n) is 6.92. The van der Waals surface area contributed by atoms with Crippen LogP contribution in [0.1, 0.15) is 25.3 Å². The average molecular weight is 230 g/mol. The van der Waals surface area contributed by atoms with E-state index in [2.05, 4.69) is 41.4 Å². The van der Waals surface area contributed by atoms with Crippen molar-refractivity contribution in [3.63, 3.8) is 0 Å². The van der Waals surface area contributed by atoms with Crippen molar-refractivity contribution in [2.45, 2.75) is 32.2 Å². The Morgan fingerprint density at radius 1 is 1.24 bits per heavy atom. The van der Waals surface area contributed by atoms with E-state index in [1.807, 2.05) is 0 Å². The van der Waals surface area contributed by atoms with E-state index in [1.165, 1.54) is 50.1 Å². The van der Waals surface area contributed by atoms with Crippen LogP contribution in [0.25, 0.3) is 0 Å². The Morgan fingerprint density at radius 3 is 2.76 bits per heavy atom. The number of nitrogens with zero attached hydrogens (tertiary/aromatic N) is 1. The van der Waals surface area contributed by atoms with Gasteiger partial charge in [-0.05, 0) is 43.4 Å². The molecule has 0 bridgehead atoms. The second kappa shape index (κ2) is 4.69. The van der Waals surface area contributed by atoms with Crippen LogP contribution in [0.5, 0.6) is 0 Å². The molecule has 2 aliphatic rings. The van der Waals surface area contributed by atoms with Gasteiger partial charge in [-0.1, -0.05) is 25.1 Å². The summed E-state index contributed by atoms with van der Waals surface area (Å²) in [5.74, 6) is 0.999. The van der Waals surface area contributed by atoms with Crippen LogP contribution >= 0.6 is 0 Å². The molecule has 1 aliphatic carbocycles. The number of fused-ring (bicyclic) bond motifs is 1. The van der Waals surface area contributed by atoms with E-state index in [9.17, 15) is 0 Å². The van der Waals surface area contributed by atoms with Crippen molar-refractivity contribution < 1.29 is 0 Å². The molecule has 92 valence electrons. The van der Waals surface area contributed by atoms with Gasteiger partial charge in [0.05, 0.1) is 0 Å². The van der Waals surface area contributed by atoms with Crippen molar-refractivity contribution in [1.29, 1.82) is 0 Å². The van der Waals surface area contributed by atoms with Gasteiger partial charge in [0.2, 0.25) is 0 Å². The lowest BCUT2D eigenvalue weighted by Gasteiger charge is -2.24. The number of hydrogen-bond acceptors (Lipinski definition) is 2. The number of likely N-dealkylation sites (N-methyl/N-ethyl adjacent to an activating group) is 1. The molecule has 2 nitrogen and oxygen atoms in total. The van der Waals surface area contributed by atoms with E-state index >= 15 is 0 Å². The Kier molecular flexibility index (Phi) is 3.06. The highest BCUT2D eigenvalue weighted by molar-refractivity contribution is 5.56. The minimum Gasteiger partial charge on any atom is -0.380 e. The van der Waals surface area contributed by atoms with E-state index < -0.39 is 0 Å². The Hall–Kier alpha value is -1.02. The van der Waals surface area contributed by atoms with Crippen molar-refractivity contribution in [2.24, 2.45) is 5.92 Å². The minimum absolute atomic E-state index is 0.617. The molecule has 2 heteroatoms. The number of anilines is 1. The van der Waals surface area contributed by atoms with Gasteiger partial charge >= 0.3 is 0 Å². The van der Waals surface area contributed by atoms with Crippen LogP contribution < -0.4 is 5.32 Å². The molecular formula is C15H22N2. The maximum Gasteiger partial charge on any atom is 0.0429 e. The quantitative estimate of drug-likeness (QED) is 0.836. The molecule has 17 heavy (non-hydrogen) atoms. The summed E-state index contributed by atoms with van der Waals surface area (Å²) < 4.78 is 0. The van der Waals surface area contributed by atoms with Crippen molar-refractivity contribution in [3.05, 3.63) is 29.8 Å². The fourth-order valence-electron chi connectivity index (χ4n) is 2.80. The standard InChI is InChI=1S/C15H22N2/c1-2-17(10-12-7-8-12)11-14-9-13-5-3-4-6-15(13)16-14/h3-6,12,14,16H,2,7-11H2,1H3. The van der Waals surface area contributed by atoms with Gasteiger partial charge in [-0.25, -0.2) is 0 Å². The van der Waals surface area contributed by atoms with Crippen LogP contribution in [0.4, 0.5) is 5.69 Å². The summed E-state index contributed by atoms with van der Waals surface area (Å²) in [5.41, 5.74) is 2.83.